The zero-order valence-corrected chi connectivity index (χ0v) is 21.4. The smallest absolute Gasteiger partial charge is 0.257 e. The Labute approximate surface area is 213 Å². The van der Waals surface area contributed by atoms with Crippen LogP contribution in [0.3, 0.4) is 0 Å². The summed E-state index contributed by atoms with van der Waals surface area (Å²) in [5, 5.41) is 2.97. The Morgan fingerprint density at radius 1 is 0.944 bits per heavy atom. The zero-order valence-electron chi connectivity index (χ0n) is 21.4. The van der Waals surface area contributed by atoms with Crippen LogP contribution in [0.4, 0.5) is 0 Å². The second kappa shape index (κ2) is 12.2. The molecule has 1 aromatic heterocycles. The first-order chi connectivity index (χ1) is 17.5. The number of carbonyl (C=O) groups is 1. The third-order valence-electron chi connectivity index (χ3n) is 6.36. The molecule has 0 spiro atoms. The Hall–Kier alpha value is -3.80. The normalized spacial score (nSPS) is 11.0. The van der Waals surface area contributed by atoms with Crippen LogP contribution in [-0.2, 0) is 17.8 Å². The molecule has 0 unspecified atom stereocenters. The third-order valence-corrected chi connectivity index (χ3v) is 6.36. The summed E-state index contributed by atoms with van der Waals surface area (Å²) in [5.74, 6) is 2.64. The summed E-state index contributed by atoms with van der Waals surface area (Å²) in [7, 11) is 1.71. The molecule has 0 saturated heterocycles. The number of para-hydroxylation sites is 3. The number of nitrogens with zero attached hydrogens (tertiary/aromatic N) is 2. The average Bonchev–Trinajstić information content (AvgIpc) is 3.24. The van der Waals surface area contributed by atoms with Gasteiger partial charge in [-0.05, 0) is 62.1 Å². The molecule has 0 bridgehead atoms. The molecule has 0 aliphatic rings. The van der Waals surface area contributed by atoms with Crippen molar-refractivity contribution in [2.75, 3.05) is 20.3 Å². The number of methoxy groups -OCH3 is 1. The minimum atomic E-state index is -0.0884. The molecule has 0 fully saturated rings. The maximum atomic E-state index is 12.2. The number of aromatic nitrogens is 2. The monoisotopic (exact) mass is 485 g/mol. The van der Waals surface area contributed by atoms with E-state index in [9.17, 15) is 4.79 Å². The number of fused-ring (bicyclic) bond motifs is 1. The number of aryl methyl sites for hydroxylation is 3. The number of carbonyl (C=O) groups excluding carboxylic acids is 1. The Morgan fingerprint density at radius 3 is 2.61 bits per heavy atom. The van der Waals surface area contributed by atoms with Gasteiger partial charge in [-0.15, -0.1) is 0 Å². The fourth-order valence-corrected chi connectivity index (χ4v) is 4.37. The number of hydrogen-bond donors (Lipinski definition) is 1. The number of ether oxygens (including phenoxy) is 2. The van der Waals surface area contributed by atoms with Gasteiger partial charge in [-0.3, -0.25) is 4.79 Å². The minimum absolute atomic E-state index is 0.0390. The van der Waals surface area contributed by atoms with Gasteiger partial charge in [0.2, 0.25) is 0 Å². The largest absolute Gasteiger partial charge is 0.496 e. The average molecular weight is 486 g/mol. The molecule has 6 heteroatoms. The van der Waals surface area contributed by atoms with E-state index in [0.717, 1.165) is 77.3 Å². The molecule has 36 heavy (non-hydrogen) atoms. The van der Waals surface area contributed by atoms with Crippen LogP contribution in [0, 0.1) is 13.8 Å². The van der Waals surface area contributed by atoms with Crippen LogP contribution >= 0.6 is 0 Å². The molecule has 188 valence electrons. The van der Waals surface area contributed by atoms with Gasteiger partial charge in [-0.2, -0.15) is 0 Å². The lowest BCUT2D eigenvalue weighted by Crippen LogP contribution is -2.29. The summed E-state index contributed by atoms with van der Waals surface area (Å²) in [6.07, 6.45) is 3.82. The summed E-state index contributed by atoms with van der Waals surface area (Å²) in [4.78, 5) is 17.1. The first-order valence-electron chi connectivity index (χ1n) is 12.6. The molecule has 0 saturated carbocycles. The zero-order chi connectivity index (χ0) is 25.3. The van der Waals surface area contributed by atoms with Crippen molar-refractivity contribution in [1.82, 2.24) is 14.9 Å². The van der Waals surface area contributed by atoms with Crippen molar-refractivity contribution in [3.63, 3.8) is 0 Å². The van der Waals surface area contributed by atoms with Crippen molar-refractivity contribution >= 4 is 16.9 Å². The van der Waals surface area contributed by atoms with Crippen molar-refractivity contribution in [3.8, 4) is 11.5 Å². The number of benzene rings is 3. The standard InChI is InChI=1S/C30H35N3O3/c1-22-16-17-23(2)28(19-22)36-21-30(34)31-18-10-4-5-15-29-32-25-12-7-8-13-26(25)33(29)20-24-11-6-9-14-27(24)35-3/h6-9,11-14,16-17,19H,4-5,10,15,18,20-21H2,1-3H3,(H,31,34). The summed E-state index contributed by atoms with van der Waals surface area (Å²) < 4.78 is 13.5. The predicted octanol–water partition coefficient (Wildman–Crippen LogP) is 5.62. The summed E-state index contributed by atoms with van der Waals surface area (Å²) in [6, 6.07) is 22.4. The van der Waals surface area contributed by atoms with Crippen molar-refractivity contribution in [2.45, 2.75) is 46.1 Å². The molecule has 0 aliphatic heterocycles. The molecule has 0 atom stereocenters. The SMILES string of the molecule is COc1ccccc1Cn1c(CCCCCNC(=O)COc2cc(C)ccc2C)nc2ccccc21. The van der Waals surface area contributed by atoms with Crippen molar-refractivity contribution < 1.29 is 14.3 Å². The van der Waals surface area contributed by atoms with Crippen LogP contribution in [0.15, 0.2) is 66.7 Å². The first-order valence-corrected chi connectivity index (χ1v) is 12.6. The Balaban J connectivity index is 1.26. The van der Waals surface area contributed by atoms with E-state index in [1.54, 1.807) is 7.11 Å². The van der Waals surface area contributed by atoms with Crippen molar-refractivity contribution in [2.24, 2.45) is 0 Å². The van der Waals surface area contributed by atoms with Gasteiger partial charge >= 0.3 is 0 Å². The van der Waals surface area contributed by atoms with Crippen molar-refractivity contribution in [1.29, 1.82) is 0 Å². The van der Waals surface area contributed by atoms with Gasteiger partial charge in [0.15, 0.2) is 6.61 Å². The number of imidazole rings is 1. The van der Waals surface area contributed by atoms with Crippen LogP contribution in [0.1, 0.15) is 41.8 Å². The number of rotatable bonds is 12. The van der Waals surface area contributed by atoms with Gasteiger partial charge in [0.05, 0.1) is 24.7 Å². The fourth-order valence-electron chi connectivity index (χ4n) is 4.37. The number of unbranched alkanes of at least 4 members (excludes halogenated alkanes) is 2. The highest BCUT2D eigenvalue weighted by atomic mass is 16.5. The Morgan fingerprint density at radius 2 is 1.75 bits per heavy atom. The lowest BCUT2D eigenvalue weighted by Gasteiger charge is -2.13. The van der Waals surface area contributed by atoms with E-state index in [1.165, 1.54) is 0 Å². The fraction of sp³-hybridized carbons (Fsp3) is 0.333. The molecule has 1 amide bonds. The lowest BCUT2D eigenvalue weighted by atomic mass is 10.1. The van der Waals surface area contributed by atoms with Gasteiger partial charge in [0.1, 0.15) is 17.3 Å². The van der Waals surface area contributed by atoms with Crippen molar-refractivity contribution in [3.05, 3.63) is 89.2 Å². The van der Waals surface area contributed by atoms with E-state index in [2.05, 4.69) is 34.1 Å². The van der Waals surface area contributed by atoms with E-state index in [4.69, 9.17) is 14.5 Å². The van der Waals surface area contributed by atoms with E-state index in [0.29, 0.717) is 6.54 Å². The van der Waals surface area contributed by atoms with Crippen LogP contribution in [0.25, 0.3) is 11.0 Å². The number of amides is 1. The number of nitrogens with one attached hydrogen (secondary N) is 1. The molecular weight excluding hydrogens is 450 g/mol. The van der Waals surface area contributed by atoms with E-state index in [1.807, 2.05) is 56.3 Å². The highest BCUT2D eigenvalue weighted by Gasteiger charge is 2.13. The van der Waals surface area contributed by atoms with E-state index in [-0.39, 0.29) is 12.5 Å². The molecule has 4 aromatic rings. The molecule has 1 heterocycles. The molecule has 0 aliphatic carbocycles. The predicted molar refractivity (Wildman–Crippen MR) is 144 cm³/mol. The lowest BCUT2D eigenvalue weighted by molar-refractivity contribution is -0.123. The topological polar surface area (TPSA) is 65.4 Å². The second-order valence-corrected chi connectivity index (χ2v) is 9.13. The maximum absolute atomic E-state index is 12.2. The summed E-state index contributed by atoms with van der Waals surface area (Å²) in [5.41, 5.74) is 5.43. The van der Waals surface area contributed by atoms with Gasteiger partial charge in [-0.25, -0.2) is 4.98 Å². The molecule has 3 aromatic carbocycles. The molecule has 1 N–H and O–H groups in total. The van der Waals surface area contributed by atoms with E-state index < -0.39 is 0 Å². The van der Waals surface area contributed by atoms with Gasteiger partial charge in [0.25, 0.3) is 5.91 Å². The molecular formula is C30H35N3O3. The van der Waals surface area contributed by atoms with Gasteiger partial charge in [0, 0.05) is 18.5 Å². The minimum Gasteiger partial charge on any atom is -0.496 e. The highest BCUT2D eigenvalue weighted by molar-refractivity contribution is 5.77. The van der Waals surface area contributed by atoms with Crippen LogP contribution in [0.5, 0.6) is 11.5 Å². The molecule has 6 nitrogen and oxygen atoms in total. The summed E-state index contributed by atoms with van der Waals surface area (Å²) >= 11 is 0. The van der Waals surface area contributed by atoms with Crippen LogP contribution < -0.4 is 14.8 Å². The quantitative estimate of drug-likeness (QED) is 0.265. The molecule has 4 rings (SSSR count). The Bertz CT molecular complexity index is 1310. The van der Waals surface area contributed by atoms with Crippen LogP contribution in [-0.4, -0.2) is 35.7 Å². The second-order valence-electron chi connectivity index (χ2n) is 9.13. The van der Waals surface area contributed by atoms with Gasteiger partial charge < -0.3 is 19.4 Å². The summed E-state index contributed by atoms with van der Waals surface area (Å²) in [6.45, 7) is 5.40. The third kappa shape index (κ3) is 6.45. The highest BCUT2D eigenvalue weighted by Crippen LogP contribution is 2.24. The maximum Gasteiger partial charge on any atom is 0.257 e. The first kappa shape index (κ1) is 25.3. The Kier molecular flexibility index (Phi) is 8.61. The number of hydrogen-bond acceptors (Lipinski definition) is 4. The van der Waals surface area contributed by atoms with Gasteiger partial charge in [-0.1, -0.05) is 48.9 Å². The molecule has 0 radical (unpaired) electrons. The van der Waals surface area contributed by atoms with E-state index >= 15 is 0 Å². The van der Waals surface area contributed by atoms with Crippen LogP contribution in [0.2, 0.25) is 0 Å².